The maximum Gasteiger partial charge on any atom is 0.287 e. The highest BCUT2D eigenvalue weighted by molar-refractivity contribution is 6.32. The van der Waals surface area contributed by atoms with E-state index >= 15 is 0 Å². The molecule has 1 heterocycles. The molecule has 2 N–H and O–H groups in total. The van der Waals surface area contributed by atoms with Gasteiger partial charge in [-0.15, -0.1) is 0 Å². The highest BCUT2D eigenvalue weighted by Crippen LogP contribution is 2.14. The molecule has 1 aromatic rings. The summed E-state index contributed by atoms with van der Waals surface area (Å²) >= 11 is 6.00. The van der Waals surface area contributed by atoms with E-state index in [1.165, 1.54) is 10.9 Å². The first-order valence-electron chi connectivity index (χ1n) is 6.74. The molecule has 0 bridgehead atoms. The molecular formula is C13H21ClN4O2. The second-order valence-corrected chi connectivity index (χ2v) is 5.18. The summed E-state index contributed by atoms with van der Waals surface area (Å²) in [6.45, 7) is 6.70. The molecule has 0 radical (unpaired) electrons. The van der Waals surface area contributed by atoms with Crippen molar-refractivity contribution in [2.45, 2.75) is 46.2 Å². The molecule has 1 rings (SSSR count). The predicted molar refractivity (Wildman–Crippen MR) is 80.2 cm³/mol. The average Bonchev–Trinajstić information content (AvgIpc) is 2.37. The first kappa shape index (κ1) is 16.5. The highest BCUT2D eigenvalue weighted by Gasteiger charge is 2.09. The molecule has 112 valence electrons. The molecular weight excluding hydrogens is 280 g/mol. The van der Waals surface area contributed by atoms with Crippen LogP contribution in [-0.4, -0.2) is 28.3 Å². The number of nitrogens with one attached hydrogen (secondary N) is 2. The Balaban J connectivity index is 2.59. The van der Waals surface area contributed by atoms with Crippen molar-refractivity contribution in [3.63, 3.8) is 0 Å². The van der Waals surface area contributed by atoms with E-state index in [0.29, 0.717) is 25.2 Å². The fourth-order valence-corrected chi connectivity index (χ4v) is 1.88. The number of hydrogen-bond acceptors (Lipinski definition) is 4. The Morgan fingerprint density at radius 1 is 1.50 bits per heavy atom. The summed E-state index contributed by atoms with van der Waals surface area (Å²) in [5, 5.41) is 9.89. The van der Waals surface area contributed by atoms with Gasteiger partial charge in [0.25, 0.3) is 5.56 Å². The number of aromatic nitrogens is 2. The van der Waals surface area contributed by atoms with E-state index in [1.54, 1.807) is 0 Å². The number of rotatable bonds is 7. The monoisotopic (exact) mass is 300 g/mol. The van der Waals surface area contributed by atoms with Crippen molar-refractivity contribution in [2.75, 3.05) is 11.9 Å². The fraction of sp³-hybridized carbons (Fsp3) is 0.615. The van der Waals surface area contributed by atoms with Crippen LogP contribution in [0.15, 0.2) is 11.0 Å². The quantitative estimate of drug-likeness (QED) is 0.802. The van der Waals surface area contributed by atoms with Crippen LogP contribution in [0, 0.1) is 0 Å². The van der Waals surface area contributed by atoms with E-state index in [1.807, 2.05) is 20.8 Å². The van der Waals surface area contributed by atoms with Gasteiger partial charge in [-0.2, -0.15) is 5.10 Å². The van der Waals surface area contributed by atoms with E-state index in [2.05, 4.69) is 15.7 Å². The average molecular weight is 301 g/mol. The van der Waals surface area contributed by atoms with Gasteiger partial charge in [0.05, 0.1) is 11.9 Å². The third-order valence-electron chi connectivity index (χ3n) is 2.54. The van der Waals surface area contributed by atoms with E-state index in [-0.39, 0.29) is 22.5 Å². The van der Waals surface area contributed by atoms with Crippen molar-refractivity contribution >= 4 is 23.2 Å². The van der Waals surface area contributed by atoms with Crippen LogP contribution < -0.4 is 16.2 Å². The number of hydrogen-bond donors (Lipinski definition) is 2. The number of carbonyl (C=O) groups is 1. The van der Waals surface area contributed by atoms with Crippen molar-refractivity contribution in [3.05, 3.63) is 21.6 Å². The van der Waals surface area contributed by atoms with E-state index in [4.69, 9.17) is 11.6 Å². The van der Waals surface area contributed by atoms with E-state index in [9.17, 15) is 9.59 Å². The van der Waals surface area contributed by atoms with Crippen LogP contribution >= 0.6 is 11.6 Å². The molecule has 6 nitrogen and oxygen atoms in total. The van der Waals surface area contributed by atoms with Crippen molar-refractivity contribution in [3.8, 4) is 0 Å². The maximum atomic E-state index is 11.9. The Hall–Kier alpha value is -1.56. The summed E-state index contributed by atoms with van der Waals surface area (Å²) in [4.78, 5) is 23.3. The molecule has 0 aromatic carbocycles. The van der Waals surface area contributed by atoms with Gasteiger partial charge in [0.15, 0.2) is 0 Å². The highest BCUT2D eigenvalue weighted by atomic mass is 35.5. The van der Waals surface area contributed by atoms with Gasteiger partial charge in [0.1, 0.15) is 5.02 Å². The molecule has 0 saturated carbocycles. The number of aryl methyl sites for hydroxylation is 1. The van der Waals surface area contributed by atoms with Crippen molar-refractivity contribution in [1.82, 2.24) is 15.1 Å². The summed E-state index contributed by atoms with van der Waals surface area (Å²) in [6, 6.07) is 0.116. The Labute approximate surface area is 123 Å². The van der Waals surface area contributed by atoms with E-state index in [0.717, 1.165) is 6.42 Å². The smallest absolute Gasteiger partial charge is 0.287 e. The lowest BCUT2D eigenvalue weighted by Gasteiger charge is -2.11. The van der Waals surface area contributed by atoms with Crippen molar-refractivity contribution in [2.24, 2.45) is 0 Å². The third kappa shape index (κ3) is 4.85. The predicted octanol–water partition coefficient (Wildman–Crippen LogP) is 1.63. The zero-order valence-electron chi connectivity index (χ0n) is 12.1. The second kappa shape index (κ2) is 7.89. The number of anilines is 1. The van der Waals surface area contributed by atoms with Gasteiger partial charge in [-0.1, -0.05) is 18.5 Å². The second-order valence-electron chi connectivity index (χ2n) is 4.80. The standard InChI is InChI=1S/C13H21ClN4O2/c1-4-7-18-13(20)12(14)10(8-16-18)15-6-5-11(19)17-9(2)3/h8-9,15H,4-7H2,1-3H3,(H,17,19). The number of amides is 1. The molecule has 0 aliphatic rings. The lowest BCUT2D eigenvalue weighted by molar-refractivity contribution is -0.121. The summed E-state index contributed by atoms with van der Waals surface area (Å²) in [5.74, 6) is -0.0455. The number of halogens is 1. The molecule has 0 fully saturated rings. The van der Waals surface area contributed by atoms with Gasteiger partial charge >= 0.3 is 0 Å². The van der Waals surface area contributed by atoms with E-state index < -0.39 is 0 Å². The number of nitrogens with zero attached hydrogens (tertiary/aromatic N) is 2. The zero-order valence-corrected chi connectivity index (χ0v) is 12.8. The van der Waals surface area contributed by atoms with Gasteiger partial charge in [-0.05, 0) is 20.3 Å². The van der Waals surface area contributed by atoms with Gasteiger partial charge in [-0.25, -0.2) is 4.68 Å². The Morgan fingerprint density at radius 2 is 2.20 bits per heavy atom. The largest absolute Gasteiger partial charge is 0.382 e. The number of carbonyl (C=O) groups excluding carboxylic acids is 1. The zero-order chi connectivity index (χ0) is 15.1. The first-order valence-corrected chi connectivity index (χ1v) is 7.12. The van der Waals surface area contributed by atoms with Gasteiger partial charge in [0, 0.05) is 25.6 Å². The summed E-state index contributed by atoms with van der Waals surface area (Å²) < 4.78 is 1.33. The summed E-state index contributed by atoms with van der Waals surface area (Å²) in [6.07, 6.45) is 2.64. The van der Waals surface area contributed by atoms with Crippen LogP contribution in [0.4, 0.5) is 5.69 Å². The molecule has 0 aliphatic carbocycles. The van der Waals surface area contributed by atoms with Crippen molar-refractivity contribution in [1.29, 1.82) is 0 Å². The van der Waals surface area contributed by atoms with Gasteiger partial charge < -0.3 is 10.6 Å². The minimum Gasteiger partial charge on any atom is -0.382 e. The molecule has 0 aliphatic heterocycles. The molecule has 1 aromatic heterocycles. The summed E-state index contributed by atoms with van der Waals surface area (Å²) in [7, 11) is 0. The van der Waals surface area contributed by atoms with Gasteiger partial charge in [0.2, 0.25) is 5.91 Å². The lowest BCUT2D eigenvalue weighted by atomic mass is 10.3. The molecule has 1 amide bonds. The topological polar surface area (TPSA) is 76.0 Å². The van der Waals surface area contributed by atoms with Crippen LogP contribution in [0.2, 0.25) is 5.02 Å². The Morgan fingerprint density at radius 3 is 2.80 bits per heavy atom. The summed E-state index contributed by atoms with van der Waals surface area (Å²) in [5.41, 5.74) is 0.145. The Bertz CT molecular complexity index is 514. The van der Waals surface area contributed by atoms with Crippen molar-refractivity contribution < 1.29 is 4.79 Å². The molecule has 7 heteroatoms. The van der Waals surface area contributed by atoms with Crippen LogP contribution in [0.25, 0.3) is 0 Å². The van der Waals surface area contributed by atoms with Gasteiger partial charge in [-0.3, -0.25) is 9.59 Å². The van der Waals surface area contributed by atoms with Crippen LogP contribution in [-0.2, 0) is 11.3 Å². The molecule has 0 saturated heterocycles. The molecule has 0 unspecified atom stereocenters. The molecule has 0 atom stereocenters. The minimum absolute atomic E-state index is 0.0455. The minimum atomic E-state index is -0.315. The normalized spacial score (nSPS) is 10.7. The van der Waals surface area contributed by atoms with Crippen LogP contribution in [0.3, 0.4) is 0 Å². The lowest BCUT2D eigenvalue weighted by Crippen LogP contribution is -2.31. The molecule has 0 spiro atoms. The first-order chi connectivity index (χ1) is 9.45. The molecule has 20 heavy (non-hydrogen) atoms. The Kier molecular flexibility index (Phi) is 6.51. The van der Waals surface area contributed by atoms with Crippen LogP contribution in [0.5, 0.6) is 0 Å². The fourth-order valence-electron chi connectivity index (χ4n) is 1.66. The van der Waals surface area contributed by atoms with Crippen LogP contribution in [0.1, 0.15) is 33.6 Å². The SMILES string of the molecule is CCCn1ncc(NCCC(=O)NC(C)C)c(Cl)c1=O. The third-order valence-corrected chi connectivity index (χ3v) is 2.90. The maximum absolute atomic E-state index is 11.9.